The lowest BCUT2D eigenvalue weighted by atomic mass is 10.1. The first-order chi connectivity index (χ1) is 16.3. The van der Waals surface area contributed by atoms with Crippen LogP contribution in [0.2, 0.25) is 0 Å². The van der Waals surface area contributed by atoms with Gasteiger partial charge >= 0.3 is 17.3 Å². The third-order valence-electron chi connectivity index (χ3n) is 5.02. The van der Waals surface area contributed by atoms with Gasteiger partial charge in [-0.3, -0.25) is 9.55 Å². The van der Waals surface area contributed by atoms with Crippen LogP contribution >= 0.6 is 0 Å². The molecule has 0 amide bonds. The molecule has 2 heterocycles. The summed E-state index contributed by atoms with van der Waals surface area (Å²) in [6.07, 6.45) is 1.35. The summed E-state index contributed by atoms with van der Waals surface area (Å²) < 4.78 is 8.06. The van der Waals surface area contributed by atoms with Gasteiger partial charge in [-0.05, 0) is 42.8 Å². The quantitative estimate of drug-likeness (QED) is 0.455. The van der Waals surface area contributed by atoms with Crippen molar-refractivity contribution in [3.8, 4) is 11.5 Å². The van der Waals surface area contributed by atoms with E-state index in [0.29, 0.717) is 17.2 Å². The standard InChI is InChI=1S/C24H21N5O5/c1-15-3-5-16(6-4-15)14-29-22(27-23(32)28(2)24(29)33)26-17-7-9-18(10-8-17)34-19-11-12-25-20(13-19)21(30)31/h3-13H,14H2,1-2H3,(H,30,31)(H,26,27,32). The molecule has 34 heavy (non-hydrogen) atoms. The minimum absolute atomic E-state index is 0.113. The predicted octanol–water partition coefficient (Wildman–Crippen LogP) is 2.35. The first-order valence-corrected chi connectivity index (χ1v) is 10.3. The van der Waals surface area contributed by atoms with Gasteiger partial charge in [0.1, 0.15) is 11.5 Å². The smallest absolute Gasteiger partial charge is 0.354 e. The van der Waals surface area contributed by atoms with Gasteiger partial charge in [-0.2, -0.15) is 0 Å². The van der Waals surface area contributed by atoms with Crippen LogP contribution in [-0.2, 0) is 13.6 Å². The Bertz CT molecular complexity index is 1530. The van der Waals surface area contributed by atoms with Gasteiger partial charge in [-0.1, -0.05) is 29.8 Å². The molecular formula is C24H21N5O5. The number of carboxylic acids is 1. The maximum absolute atomic E-state index is 12.8. The first kappa shape index (κ1) is 22.5. The highest BCUT2D eigenvalue weighted by molar-refractivity contribution is 5.85. The third-order valence-corrected chi connectivity index (χ3v) is 5.02. The normalized spacial score (nSPS) is 11.4. The van der Waals surface area contributed by atoms with E-state index in [1.807, 2.05) is 31.2 Å². The van der Waals surface area contributed by atoms with Gasteiger partial charge in [-0.15, -0.1) is 0 Å². The van der Waals surface area contributed by atoms with Crippen molar-refractivity contribution in [2.24, 2.45) is 12.0 Å². The second kappa shape index (κ2) is 9.41. The molecule has 0 saturated carbocycles. The Morgan fingerprint density at radius 1 is 1.06 bits per heavy atom. The lowest BCUT2D eigenvalue weighted by molar-refractivity contribution is 0.0690. The van der Waals surface area contributed by atoms with Crippen LogP contribution in [0.15, 0.2) is 81.4 Å². The van der Waals surface area contributed by atoms with Crippen molar-refractivity contribution in [3.63, 3.8) is 0 Å². The average molecular weight is 459 g/mol. The number of carbonyl (C=O) groups is 1. The van der Waals surface area contributed by atoms with Crippen molar-refractivity contribution in [1.82, 2.24) is 19.1 Å². The van der Waals surface area contributed by atoms with E-state index in [0.717, 1.165) is 15.7 Å². The molecule has 0 bridgehead atoms. The number of aromatic amines is 1. The van der Waals surface area contributed by atoms with Crippen molar-refractivity contribution in [3.05, 3.63) is 110 Å². The number of carboxylic acid groups (broad SMARTS) is 1. The van der Waals surface area contributed by atoms with Gasteiger partial charge in [0.05, 0.1) is 12.2 Å². The largest absolute Gasteiger partial charge is 0.477 e. The number of H-pyrrole nitrogens is 1. The lowest BCUT2D eigenvalue weighted by Crippen LogP contribution is -2.48. The van der Waals surface area contributed by atoms with Crippen molar-refractivity contribution >= 4 is 11.7 Å². The summed E-state index contributed by atoms with van der Waals surface area (Å²) in [4.78, 5) is 46.9. The topological polar surface area (TPSA) is 132 Å². The maximum Gasteiger partial charge on any atom is 0.354 e. The van der Waals surface area contributed by atoms with Crippen molar-refractivity contribution < 1.29 is 14.6 Å². The highest BCUT2D eigenvalue weighted by atomic mass is 16.5. The molecule has 4 aromatic rings. The number of rotatable bonds is 6. The molecule has 0 aliphatic carbocycles. The maximum atomic E-state index is 12.8. The summed E-state index contributed by atoms with van der Waals surface area (Å²) >= 11 is 0. The summed E-state index contributed by atoms with van der Waals surface area (Å²) in [6.45, 7) is 2.21. The minimum atomic E-state index is -1.15. The lowest BCUT2D eigenvalue weighted by Gasteiger charge is -2.09. The zero-order valence-electron chi connectivity index (χ0n) is 18.4. The number of aryl methyl sites for hydroxylation is 1. The van der Waals surface area contributed by atoms with E-state index in [9.17, 15) is 14.4 Å². The Morgan fingerprint density at radius 3 is 2.44 bits per heavy atom. The number of aromatic carboxylic acids is 1. The molecule has 4 rings (SSSR count). The van der Waals surface area contributed by atoms with Crippen LogP contribution < -0.4 is 21.7 Å². The molecule has 0 atom stereocenters. The van der Waals surface area contributed by atoms with Gasteiger partial charge in [0.2, 0.25) is 5.62 Å². The second-order valence-electron chi connectivity index (χ2n) is 7.56. The van der Waals surface area contributed by atoms with Crippen molar-refractivity contribution in [2.45, 2.75) is 13.5 Å². The molecule has 172 valence electrons. The molecule has 0 aliphatic rings. The number of nitrogens with zero attached hydrogens (tertiary/aromatic N) is 4. The molecule has 10 heteroatoms. The van der Waals surface area contributed by atoms with Crippen LogP contribution in [0.25, 0.3) is 0 Å². The fourth-order valence-corrected chi connectivity index (χ4v) is 3.15. The van der Waals surface area contributed by atoms with E-state index in [1.54, 1.807) is 30.3 Å². The third kappa shape index (κ3) is 5.01. The molecule has 0 aliphatic heterocycles. The van der Waals surface area contributed by atoms with Gasteiger partial charge < -0.3 is 9.84 Å². The summed E-state index contributed by atoms with van der Waals surface area (Å²) in [6, 6.07) is 17.2. The van der Waals surface area contributed by atoms with E-state index in [2.05, 4.69) is 15.0 Å². The minimum Gasteiger partial charge on any atom is -0.477 e. The van der Waals surface area contributed by atoms with Gasteiger partial charge in [0, 0.05) is 19.3 Å². The molecule has 0 saturated heterocycles. The molecule has 0 unspecified atom stereocenters. The van der Waals surface area contributed by atoms with E-state index in [1.165, 1.54) is 23.9 Å². The fourth-order valence-electron chi connectivity index (χ4n) is 3.15. The Morgan fingerprint density at radius 2 is 1.76 bits per heavy atom. The van der Waals surface area contributed by atoms with Crippen LogP contribution in [0, 0.1) is 6.92 Å². The second-order valence-corrected chi connectivity index (χ2v) is 7.56. The summed E-state index contributed by atoms with van der Waals surface area (Å²) in [5, 5.41) is 9.05. The van der Waals surface area contributed by atoms with Crippen LogP contribution in [-0.4, -0.2) is 30.2 Å². The van der Waals surface area contributed by atoms with Crippen LogP contribution in [0.4, 0.5) is 5.69 Å². The Labute approximate surface area is 193 Å². The highest BCUT2D eigenvalue weighted by Crippen LogP contribution is 2.24. The molecule has 2 aromatic heterocycles. The number of benzene rings is 2. The molecule has 2 aromatic carbocycles. The molecule has 0 fully saturated rings. The molecule has 10 nitrogen and oxygen atoms in total. The van der Waals surface area contributed by atoms with Crippen molar-refractivity contribution in [1.29, 1.82) is 0 Å². The van der Waals surface area contributed by atoms with Crippen molar-refractivity contribution in [2.75, 3.05) is 0 Å². The number of aromatic nitrogens is 4. The summed E-state index contributed by atoms with van der Waals surface area (Å²) in [7, 11) is 1.40. The highest BCUT2D eigenvalue weighted by Gasteiger charge is 2.08. The number of hydrogen-bond donors (Lipinski definition) is 2. The number of hydrogen-bond acceptors (Lipinski definition) is 6. The number of nitrogens with one attached hydrogen (secondary N) is 1. The number of ether oxygens (including phenoxy) is 1. The SMILES string of the molecule is Cc1ccc(Cn2c(=O)n(C)c(=O)[nH]/c2=N\c2ccc(Oc3ccnc(C(=O)O)c3)cc2)cc1. The van der Waals surface area contributed by atoms with E-state index in [4.69, 9.17) is 9.84 Å². The van der Waals surface area contributed by atoms with Gasteiger partial charge in [-0.25, -0.2) is 28.9 Å². The van der Waals surface area contributed by atoms with E-state index in [-0.39, 0.29) is 17.9 Å². The Balaban J connectivity index is 1.66. The Hall–Kier alpha value is -4.73. The van der Waals surface area contributed by atoms with Gasteiger partial charge in [0.25, 0.3) is 0 Å². The molecule has 0 radical (unpaired) electrons. The first-order valence-electron chi connectivity index (χ1n) is 10.3. The monoisotopic (exact) mass is 459 g/mol. The van der Waals surface area contributed by atoms with Gasteiger partial charge in [0.15, 0.2) is 5.69 Å². The average Bonchev–Trinajstić information content (AvgIpc) is 2.83. The van der Waals surface area contributed by atoms with Crippen LogP contribution in [0.5, 0.6) is 11.5 Å². The molecular weight excluding hydrogens is 438 g/mol. The fraction of sp³-hybridized carbons (Fsp3) is 0.125. The molecule has 2 N–H and O–H groups in total. The zero-order chi connectivity index (χ0) is 24.2. The van der Waals surface area contributed by atoms with Crippen LogP contribution in [0.3, 0.4) is 0 Å². The summed E-state index contributed by atoms with van der Waals surface area (Å²) in [5.41, 5.74) is 1.39. The van der Waals surface area contributed by atoms with Crippen LogP contribution in [0.1, 0.15) is 21.6 Å². The Kier molecular flexibility index (Phi) is 6.22. The predicted molar refractivity (Wildman–Crippen MR) is 124 cm³/mol. The van der Waals surface area contributed by atoms with E-state index >= 15 is 0 Å². The number of pyridine rings is 1. The van der Waals surface area contributed by atoms with E-state index < -0.39 is 17.3 Å². The molecule has 0 spiro atoms. The summed E-state index contributed by atoms with van der Waals surface area (Å²) in [5.74, 6) is -0.378. The zero-order valence-corrected chi connectivity index (χ0v) is 18.4.